The third-order valence-corrected chi connectivity index (χ3v) is 4.14. The van der Waals surface area contributed by atoms with Gasteiger partial charge in [-0.3, -0.25) is 10.00 Å². The minimum absolute atomic E-state index is 0.243. The van der Waals surface area contributed by atoms with Crippen LogP contribution in [-0.2, 0) is 9.53 Å². The van der Waals surface area contributed by atoms with Crippen molar-refractivity contribution >= 4 is 17.7 Å². The maximum absolute atomic E-state index is 13.9. The van der Waals surface area contributed by atoms with E-state index in [4.69, 9.17) is 4.74 Å². The molecule has 1 atom stereocenters. The molecule has 8 heteroatoms. The first-order valence-corrected chi connectivity index (χ1v) is 7.59. The van der Waals surface area contributed by atoms with Crippen LogP contribution in [0.4, 0.5) is 14.9 Å². The number of hydrogen-bond acceptors (Lipinski definition) is 4. The summed E-state index contributed by atoms with van der Waals surface area (Å²) in [5.41, 5.74) is 1.93. The quantitative estimate of drug-likeness (QED) is 0.838. The number of benzene rings is 1. The van der Waals surface area contributed by atoms with Gasteiger partial charge >= 0.3 is 12.0 Å². The van der Waals surface area contributed by atoms with E-state index in [1.165, 1.54) is 24.3 Å². The van der Waals surface area contributed by atoms with Gasteiger partial charge in [-0.25, -0.2) is 14.0 Å². The number of methoxy groups -OCH3 is 1. The molecule has 0 saturated carbocycles. The molecule has 0 fully saturated rings. The topological polar surface area (TPSA) is 87.3 Å². The van der Waals surface area contributed by atoms with E-state index in [0.717, 1.165) is 0 Å². The first kappa shape index (κ1) is 16.7. The van der Waals surface area contributed by atoms with Gasteiger partial charge in [0.05, 0.1) is 24.1 Å². The van der Waals surface area contributed by atoms with Crippen LogP contribution < -0.4 is 10.2 Å². The van der Waals surface area contributed by atoms with E-state index in [1.807, 2.05) is 0 Å². The number of anilines is 1. The number of urea groups is 1. The summed E-state index contributed by atoms with van der Waals surface area (Å²) in [5, 5.41) is 9.33. The van der Waals surface area contributed by atoms with Gasteiger partial charge in [0.25, 0.3) is 0 Å². The molecule has 1 aromatic carbocycles. The van der Waals surface area contributed by atoms with Crippen molar-refractivity contribution in [1.29, 1.82) is 0 Å². The minimum atomic E-state index is -0.728. The van der Waals surface area contributed by atoms with Crippen LogP contribution in [-0.4, -0.2) is 29.3 Å². The van der Waals surface area contributed by atoms with Crippen molar-refractivity contribution in [1.82, 2.24) is 15.5 Å². The number of hydrogen-bond donors (Lipinski definition) is 2. The van der Waals surface area contributed by atoms with Crippen LogP contribution >= 0.6 is 0 Å². The second kappa shape index (κ2) is 6.39. The summed E-state index contributed by atoms with van der Waals surface area (Å²) < 4.78 is 18.8. The van der Waals surface area contributed by atoms with Gasteiger partial charge in [0, 0.05) is 11.9 Å². The Kier molecular flexibility index (Phi) is 4.26. The van der Waals surface area contributed by atoms with Gasteiger partial charge in [0.2, 0.25) is 0 Å². The second-order valence-electron chi connectivity index (χ2n) is 5.65. The van der Waals surface area contributed by atoms with Gasteiger partial charge in [0.1, 0.15) is 11.9 Å². The predicted octanol–water partition coefficient (Wildman–Crippen LogP) is 2.58. The van der Waals surface area contributed by atoms with Gasteiger partial charge in [-0.1, -0.05) is 6.07 Å². The van der Waals surface area contributed by atoms with E-state index in [0.29, 0.717) is 22.6 Å². The highest BCUT2D eigenvalue weighted by Gasteiger charge is 2.37. The molecular weight excluding hydrogens is 327 g/mol. The number of aromatic amines is 1. The van der Waals surface area contributed by atoms with Crippen molar-refractivity contribution in [2.75, 3.05) is 12.0 Å². The van der Waals surface area contributed by atoms with Gasteiger partial charge in [-0.05, 0) is 37.6 Å². The van der Waals surface area contributed by atoms with Gasteiger partial charge in [-0.2, -0.15) is 5.10 Å². The molecule has 3 rings (SSSR count). The Labute approximate surface area is 143 Å². The van der Waals surface area contributed by atoms with Crippen molar-refractivity contribution < 1.29 is 18.7 Å². The summed E-state index contributed by atoms with van der Waals surface area (Å²) in [6, 6.07) is 4.89. The molecular formula is C17H17FN4O3. The molecule has 130 valence electrons. The zero-order valence-corrected chi connectivity index (χ0v) is 14.0. The fourth-order valence-electron chi connectivity index (χ4n) is 2.81. The number of aromatic nitrogens is 2. The predicted molar refractivity (Wildman–Crippen MR) is 88.2 cm³/mol. The highest BCUT2D eigenvalue weighted by atomic mass is 19.1. The molecule has 25 heavy (non-hydrogen) atoms. The number of aryl methyl sites for hydroxylation is 1. The van der Waals surface area contributed by atoms with E-state index < -0.39 is 23.9 Å². The summed E-state index contributed by atoms with van der Waals surface area (Å²) in [4.78, 5) is 26.2. The maximum Gasteiger partial charge on any atom is 0.338 e. The van der Waals surface area contributed by atoms with Crippen LogP contribution in [0.2, 0.25) is 0 Å². The molecule has 0 saturated heterocycles. The number of nitrogens with one attached hydrogen (secondary N) is 2. The lowest BCUT2D eigenvalue weighted by molar-refractivity contribution is -0.136. The number of esters is 1. The fourth-order valence-corrected chi connectivity index (χ4v) is 2.81. The maximum atomic E-state index is 13.9. The molecule has 1 aromatic heterocycles. The number of rotatable bonds is 3. The summed E-state index contributed by atoms with van der Waals surface area (Å²) in [7, 11) is 1.26. The number of allylic oxidation sites excluding steroid dienone is 1. The molecule has 2 N–H and O–H groups in total. The highest BCUT2D eigenvalue weighted by molar-refractivity contribution is 6.03. The number of carbonyl (C=O) groups excluding carboxylic acids is 2. The number of carbonyl (C=O) groups is 2. The molecule has 0 radical (unpaired) electrons. The van der Waals surface area contributed by atoms with E-state index in [2.05, 4.69) is 15.5 Å². The molecule has 1 aliphatic rings. The van der Waals surface area contributed by atoms with E-state index >= 15 is 0 Å². The summed E-state index contributed by atoms with van der Waals surface area (Å²) >= 11 is 0. The van der Waals surface area contributed by atoms with E-state index in [9.17, 15) is 14.0 Å². The Balaban J connectivity index is 2.14. The molecule has 2 aromatic rings. The number of H-pyrrole nitrogens is 1. The van der Waals surface area contributed by atoms with Crippen LogP contribution in [0, 0.1) is 12.7 Å². The Hall–Kier alpha value is -3.16. The van der Waals surface area contributed by atoms with Crippen LogP contribution in [0.1, 0.15) is 24.2 Å². The molecule has 1 unspecified atom stereocenters. The third kappa shape index (κ3) is 2.86. The average molecular weight is 344 g/mol. The van der Waals surface area contributed by atoms with Gasteiger partial charge < -0.3 is 10.1 Å². The SMILES string of the molecule is COC(=O)C1=C(C)N(c2ccc(C)c(F)c2)C(=O)NC1c1ccn[nH]1. The molecule has 0 spiro atoms. The second-order valence-corrected chi connectivity index (χ2v) is 5.65. The van der Waals surface area contributed by atoms with Crippen molar-refractivity contribution in [2.24, 2.45) is 0 Å². The minimum Gasteiger partial charge on any atom is -0.466 e. The van der Waals surface area contributed by atoms with Crippen LogP contribution in [0.3, 0.4) is 0 Å². The Morgan fingerprint density at radius 3 is 2.68 bits per heavy atom. The standard InChI is InChI=1S/C17H17FN4O3/c1-9-4-5-11(8-12(9)18)22-10(2)14(16(23)25-3)15(20-17(22)24)13-6-7-19-21-13/h4-8,15H,1-3H3,(H,19,21)(H,20,24). The van der Waals surface area contributed by atoms with Crippen LogP contribution in [0.25, 0.3) is 0 Å². The van der Waals surface area contributed by atoms with Crippen LogP contribution in [0.15, 0.2) is 41.7 Å². The van der Waals surface area contributed by atoms with E-state index in [1.54, 1.807) is 32.0 Å². The summed E-state index contributed by atoms with van der Waals surface area (Å²) in [5.74, 6) is -1.02. The zero-order valence-electron chi connectivity index (χ0n) is 14.0. The summed E-state index contributed by atoms with van der Waals surface area (Å²) in [6.45, 7) is 3.25. The first-order chi connectivity index (χ1) is 11.9. The van der Waals surface area contributed by atoms with Gasteiger partial charge in [-0.15, -0.1) is 0 Å². The van der Waals surface area contributed by atoms with Gasteiger partial charge in [0.15, 0.2) is 0 Å². The lowest BCUT2D eigenvalue weighted by Crippen LogP contribution is -2.48. The largest absolute Gasteiger partial charge is 0.466 e. The van der Waals surface area contributed by atoms with Crippen molar-refractivity contribution in [3.05, 3.63) is 58.8 Å². The summed E-state index contributed by atoms with van der Waals surface area (Å²) in [6.07, 6.45) is 1.52. The monoisotopic (exact) mass is 344 g/mol. The molecule has 7 nitrogen and oxygen atoms in total. The lowest BCUT2D eigenvalue weighted by atomic mass is 9.98. The fraction of sp³-hybridized carbons (Fsp3) is 0.235. The first-order valence-electron chi connectivity index (χ1n) is 7.59. The Bertz CT molecular complexity index is 861. The van der Waals surface area contributed by atoms with Crippen molar-refractivity contribution in [3.8, 4) is 0 Å². The molecule has 0 aliphatic carbocycles. The average Bonchev–Trinajstić information content (AvgIpc) is 3.11. The third-order valence-electron chi connectivity index (χ3n) is 4.14. The van der Waals surface area contributed by atoms with Crippen molar-refractivity contribution in [2.45, 2.75) is 19.9 Å². The number of nitrogens with zero attached hydrogens (tertiary/aromatic N) is 2. The highest BCUT2D eigenvalue weighted by Crippen LogP contribution is 2.33. The molecule has 1 aliphatic heterocycles. The smallest absolute Gasteiger partial charge is 0.338 e. The van der Waals surface area contributed by atoms with E-state index in [-0.39, 0.29) is 5.57 Å². The molecule has 2 amide bonds. The number of halogens is 1. The Morgan fingerprint density at radius 2 is 2.08 bits per heavy atom. The number of ether oxygens (including phenoxy) is 1. The molecule has 2 heterocycles. The van der Waals surface area contributed by atoms with Crippen molar-refractivity contribution in [3.63, 3.8) is 0 Å². The molecule has 0 bridgehead atoms. The lowest BCUT2D eigenvalue weighted by Gasteiger charge is -2.34. The zero-order chi connectivity index (χ0) is 18.1. The Morgan fingerprint density at radius 1 is 1.32 bits per heavy atom. The normalized spacial score (nSPS) is 17.5. The van der Waals surface area contributed by atoms with Crippen LogP contribution in [0.5, 0.6) is 0 Å². The number of amides is 2.